The summed E-state index contributed by atoms with van der Waals surface area (Å²) in [4.78, 5) is 12.4. The summed E-state index contributed by atoms with van der Waals surface area (Å²) in [7, 11) is 0. The van der Waals surface area contributed by atoms with Crippen LogP contribution in [0.2, 0.25) is 0 Å². The molecule has 0 aliphatic rings. The first-order valence-corrected chi connectivity index (χ1v) is 6.33. The normalized spacial score (nSPS) is 12.6. The van der Waals surface area contributed by atoms with Crippen molar-refractivity contribution in [3.8, 4) is 5.75 Å². The molecule has 0 saturated carbocycles. The number of hydrogen-bond acceptors (Lipinski definition) is 2. The van der Waals surface area contributed by atoms with Gasteiger partial charge in [0, 0.05) is 5.41 Å². The van der Waals surface area contributed by atoms with E-state index in [0.717, 1.165) is 11.1 Å². The summed E-state index contributed by atoms with van der Waals surface area (Å²) >= 11 is 0. The van der Waals surface area contributed by atoms with Crippen molar-refractivity contribution in [2.45, 2.75) is 53.9 Å². The van der Waals surface area contributed by atoms with E-state index in [1.165, 1.54) is 0 Å². The van der Waals surface area contributed by atoms with Crippen molar-refractivity contribution in [3.63, 3.8) is 0 Å². The highest BCUT2D eigenvalue weighted by atomic mass is 16.3. The number of carbonyl (C=O) groups is 1. The third-order valence-corrected chi connectivity index (χ3v) is 3.09. The average Bonchev–Trinajstić information content (AvgIpc) is 2.17. The summed E-state index contributed by atoms with van der Waals surface area (Å²) in [5, 5.41) is 10.1. The number of aromatic hydroxyl groups is 1. The van der Waals surface area contributed by atoms with Gasteiger partial charge in [-0.15, -0.1) is 0 Å². The molecule has 2 heteroatoms. The monoisotopic (exact) mass is 248 g/mol. The van der Waals surface area contributed by atoms with Gasteiger partial charge in [-0.2, -0.15) is 0 Å². The van der Waals surface area contributed by atoms with Crippen LogP contribution in [-0.2, 0) is 5.41 Å². The number of phenols is 1. The Hall–Kier alpha value is -1.31. The van der Waals surface area contributed by atoms with E-state index in [1.54, 1.807) is 0 Å². The van der Waals surface area contributed by atoms with Gasteiger partial charge in [0.1, 0.15) is 5.75 Å². The second-order valence-corrected chi connectivity index (χ2v) is 7.02. The molecule has 0 bridgehead atoms. The molecule has 0 radical (unpaired) electrons. The maximum Gasteiger partial charge on any atom is 0.171 e. The lowest BCUT2D eigenvalue weighted by atomic mass is 9.80. The van der Waals surface area contributed by atoms with Crippen LogP contribution >= 0.6 is 0 Å². The second-order valence-electron chi connectivity index (χ2n) is 7.02. The summed E-state index contributed by atoms with van der Waals surface area (Å²) in [6, 6.07) is 3.78. The topological polar surface area (TPSA) is 37.3 Å². The molecule has 0 unspecified atom stereocenters. The Balaban J connectivity index is 3.46. The molecule has 0 saturated heterocycles. The van der Waals surface area contributed by atoms with E-state index in [-0.39, 0.29) is 16.9 Å². The summed E-state index contributed by atoms with van der Waals surface area (Å²) < 4.78 is 0. The number of phenolic OH excluding ortho intramolecular Hbond substituents is 1. The highest BCUT2D eigenvalue weighted by molar-refractivity contribution is 6.02. The minimum Gasteiger partial charge on any atom is -0.507 e. The molecule has 0 heterocycles. The predicted molar refractivity (Wildman–Crippen MR) is 75.3 cm³/mol. The molecule has 100 valence electrons. The Morgan fingerprint density at radius 2 is 1.56 bits per heavy atom. The van der Waals surface area contributed by atoms with Crippen LogP contribution in [0.4, 0.5) is 0 Å². The Bertz CT molecular complexity index is 471. The highest BCUT2D eigenvalue weighted by Crippen LogP contribution is 2.34. The Labute approximate surface area is 110 Å². The minimum atomic E-state index is -0.486. The van der Waals surface area contributed by atoms with E-state index in [1.807, 2.05) is 39.8 Å². The van der Waals surface area contributed by atoms with Crippen LogP contribution in [0.1, 0.15) is 63.0 Å². The molecule has 0 aliphatic carbocycles. The van der Waals surface area contributed by atoms with E-state index in [0.29, 0.717) is 5.56 Å². The van der Waals surface area contributed by atoms with E-state index < -0.39 is 5.41 Å². The fourth-order valence-electron chi connectivity index (χ4n) is 1.79. The van der Waals surface area contributed by atoms with Crippen LogP contribution < -0.4 is 0 Å². The third kappa shape index (κ3) is 2.92. The number of Topliss-reactive ketones (excluding diaryl/α,β-unsaturated/α-hetero) is 1. The SMILES string of the molecule is Cc1cc(C(C)(C)C)cc(C(=O)C(C)(C)C)c1O. The number of ketones is 1. The zero-order valence-electron chi connectivity index (χ0n) is 12.5. The lowest BCUT2D eigenvalue weighted by molar-refractivity contribution is 0.0855. The molecule has 18 heavy (non-hydrogen) atoms. The van der Waals surface area contributed by atoms with E-state index in [9.17, 15) is 9.90 Å². The third-order valence-electron chi connectivity index (χ3n) is 3.09. The molecular formula is C16H24O2. The quantitative estimate of drug-likeness (QED) is 0.755. The van der Waals surface area contributed by atoms with Gasteiger partial charge in [-0.05, 0) is 29.5 Å². The Morgan fingerprint density at radius 3 is 1.94 bits per heavy atom. The fourth-order valence-corrected chi connectivity index (χ4v) is 1.79. The van der Waals surface area contributed by atoms with Gasteiger partial charge in [0.05, 0.1) is 5.56 Å². The molecule has 1 N–H and O–H groups in total. The molecule has 1 aromatic rings. The molecule has 2 nitrogen and oxygen atoms in total. The molecule has 1 aromatic carbocycles. The molecule has 0 amide bonds. The zero-order valence-corrected chi connectivity index (χ0v) is 12.5. The van der Waals surface area contributed by atoms with Gasteiger partial charge >= 0.3 is 0 Å². The van der Waals surface area contributed by atoms with E-state index in [4.69, 9.17) is 0 Å². The molecule has 0 fully saturated rings. The smallest absolute Gasteiger partial charge is 0.171 e. The first-order valence-electron chi connectivity index (χ1n) is 6.33. The average molecular weight is 248 g/mol. The predicted octanol–water partition coefficient (Wildman–Crippen LogP) is 4.23. The van der Waals surface area contributed by atoms with Gasteiger partial charge < -0.3 is 5.11 Å². The van der Waals surface area contributed by atoms with Gasteiger partial charge in [0.15, 0.2) is 5.78 Å². The summed E-state index contributed by atoms with van der Waals surface area (Å²) in [5.74, 6) is 0.0946. The Morgan fingerprint density at radius 1 is 1.06 bits per heavy atom. The van der Waals surface area contributed by atoms with Gasteiger partial charge in [0.2, 0.25) is 0 Å². The van der Waals surface area contributed by atoms with Crippen molar-refractivity contribution in [3.05, 3.63) is 28.8 Å². The second kappa shape index (κ2) is 4.42. The van der Waals surface area contributed by atoms with Crippen LogP contribution in [0.5, 0.6) is 5.75 Å². The minimum absolute atomic E-state index is 0.0193. The van der Waals surface area contributed by atoms with Crippen LogP contribution in [0.25, 0.3) is 0 Å². The van der Waals surface area contributed by atoms with Crippen molar-refractivity contribution >= 4 is 5.78 Å². The number of hydrogen-bond donors (Lipinski definition) is 1. The molecule has 0 atom stereocenters. The fraction of sp³-hybridized carbons (Fsp3) is 0.562. The van der Waals surface area contributed by atoms with Crippen LogP contribution in [0.3, 0.4) is 0 Å². The first-order chi connectivity index (χ1) is 7.94. The van der Waals surface area contributed by atoms with Gasteiger partial charge in [-0.25, -0.2) is 0 Å². The maximum absolute atomic E-state index is 12.4. The molecule has 0 spiro atoms. The molecule has 1 rings (SSSR count). The molecule has 0 aromatic heterocycles. The lowest BCUT2D eigenvalue weighted by Gasteiger charge is -2.24. The zero-order chi connectivity index (χ0) is 14.3. The van der Waals surface area contributed by atoms with Crippen molar-refractivity contribution in [1.82, 2.24) is 0 Å². The van der Waals surface area contributed by atoms with Crippen LogP contribution in [0.15, 0.2) is 12.1 Å². The molecular weight excluding hydrogens is 224 g/mol. The van der Waals surface area contributed by atoms with Crippen molar-refractivity contribution in [1.29, 1.82) is 0 Å². The summed E-state index contributed by atoms with van der Waals surface area (Å²) in [6.45, 7) is 13.7. The highest BCUT2D eigenvalue weighted by Gasteiger charge is 2.27. The van der Waals surface area contributed by atoms with E-state index >= 15 is 0 Å². The van der Waals surface area contributed by atoms with Crippen LogP contribution in [-0.4, -0.2) is 10.9 Å². The summed E-state index contributed by atoms with van der Waals surface area (Å²) in [5.41, 5.74) is 1.75. The Kier molecular flexibility index (Phi) is 3.62. The van der Waals surface area contributed by atoms with Gasteiger partial charge in [0.25, 0.3) is 0 Å². The number of rotatable bonds is 1. The number of carbonyl (C=O) groups excluding carboxylic acids is 1. The van der Waals surface area contributed by atoms with Crippen molar-refractivity contribution in [2.24, 2.45) is 5.41 Å². The maximum atomic E-state index is 12.4. The van der Waals surface area contributed by atoms with Gasteiger partial charge in [-0.3, -0.25) is 4.79 Å². The van der Waals surface area contributed by atoms with Crippen molar-refractivity contribution < 1.29 is 9.90 Å². The standard InChI is InChI=1S/C16H24O2/c1-10-8-11(15(2,3)4)9-12(13(10)17)14(18)16(5,6)7/h8-9,17H,1-7H3. The number of benzene rings is 1. The summed E-state index contributed by atoms with van der Waals surface area (Å²) in [6.07, 6.45) is 0. The van der Waals surface area contributed by atoms with E-state index in [2.05, 4.69) is 20.8 Å². The lowest BCUT2D eigenvalue weighted by Crippen LogP contribution is -2.22. The van der Waals surface area contributed by atoms with Crippen LogP contribution in [0, 0.1) is 12.3 Å². The van der Waals surface area contributed by atoms with Crippen molar-refractivity contribution in [2.75, 3.05) is 0 Å². The van der Waals surface area contributed by atoms with Gasteiger partial charge in [-0.1, -0.05) is 47.6 Å². The largest absolute Gasteiger partial charge is 0.507 e. The first kappa shape index (κ1) is 14.7. The molecule has 0 aliphatic heterocycles. The number of aryl methyl sites for hydroxylation is 1.